The molecule has 0 radical (unpaired) electrons. The molecule has 0 aliphatic heterocycles. The normalized spacial score (nSPS) is 5.54. The molecule has 0 aliphatic carbocycles. The van der Waals surface area contributed by atoms with Crippen LogP contribution in [0.15, 0.2) is 0 Å². The van der Waals surface area contributed by atoms with Crippen molar-refractivity contribution in [2.75, 3.05) is 0 Å². The van der Waals surface area contributed by atoms with Crippen molar-refractivity contribution in [3.05, 3.63) is 46.0 Å². The first kappa shape index (κ1) is 22.5. The van der Waals surface area contributed by atoms with Crippen LogP contribution < -0.4 is 0 Å². The van der Waals surface area contributed by atoms with Gasteiger partial charge in [0, 0.05) is 27.7 Å². The predicted octanol–water partition coefficient (Wildman–Crippen LogP) is -0.720. The average Bonchev–Trinajstić information content (AvgIpc) is 1.54. The molecule has 0 rings (SSSR count). The van der Waals surface area contributed by atoms with Crippen LogP contribution in [0.25, 0.3) is 0 Å². The summed E-state index contributed by atoms with van der Waals surface area (Å²) in [6.45, 7) is 0. The fraction of sp³-hybridized carbons (Fsp3) is 0. The van der Waals surface area contributed by atoms with Gasteiger partial charge in [-0.25, -0.2) is 0 Å². The van der Waals surface area contributed by atoms with E-state index in [-0.39, 0.29) is 27.7 Å². The quantitative estimate of drug-likeness (QED) is 0.292. The summed E-state index contributed by atoms with van der Waals surface area (Å²) in [6, 6.07) is 0. The summed E-state index contributed by atoms with van der Waals surface area (Å²) in [4.78, 5) is 24.8. The molecule has 0 saturated heterocycles. The molecule has 12 nitrogen and oxygen atoms in total. The van der Waals surface area contributed by atoms with Crippen LogP contribution >= 0.6 is 0 Å². The van der Waals surface area contributed by atoms with Crippen molar-refractivity contribution in [2.24, 2.45) is 0 Å². The standard InChI is InChI=1S/Hg.3NO3/c;3*2-1(3)4/q;3*-1. The van der Waals surface area contributed by atoms with E-state index in [4.69, 9.17) is 46.0 Å². The Morgan fingerprint density at radius 3 is 0.538 bits per heavy atom. The summed E-state index contributed by atoms with van der Waals surface area (Å²) >= 11 is 0. The molecule has 0 heterocycles. The predicted molar refractivity (Wildman–Crippen MR) is 31.1 cm³/mol. The SMILES string of the molecule is O=[N+]([O-])[O-].O=[N+]([O-])[O-].O=[N+]([O-])[O-].[Hg]. The molecule has 0 N–H and O–H groups in total. The smallest absolute Gasteiger partial charge is 0.0689 e. The van der Waals surface area contributed by atoms with E-state index in [0.717, 1.165) is 0 Å². The van der Waals surface area contributed by atoms with Gasteiger partial charge in [0.1, 0.15) is 0 Å². The topological polar surface area (TPSA) is 199 Å². The average molecular weight is 387 g/mol. The molecule has 0 bridgehead atoms. The zero-order chi connectivity index (χ0) is 10.7. The summed E-state index contributed by atoms with van der Waals surface area (Å²) in [6.07, 6.45) is 0. The van der Waals surface area contributed by atoms with Crippen molar-refractivity contribution in [3.63, 3.8) is 0 Å². The molecule has 13 heteroatoms. The molecule has 74 valence electrons. The van der Waals surface area contributed by atoms with Gasteiger partial charge in [-0.2, -0.15) is 0 Å². The van der Waals surface area contributed by atoms with Crippen LogP contribution in [0.5, 0.6) is 0 Å². The van der Waals surface area contributed by atoms with E-state index >= 15 is 0 Å². The van der Waals surface area contributed by atoms with Crippen LogP contribution in [0.3, 0.4) is 0 Å². The van der Waals surface area contributed by atoms with Gasteiger partial charge in [0.25, 0.3) is 0 Å². The Hall–Kier alpha value is -1.46. The fourth-order valence-electron chi connectivity index (χ4n) is 0. The van der Waals surface area contributed by atoms with Gasteiger partial charge in [0.05, 0.1) is 15.3 Å². The molecule has 0 spiro atoms. The van der Waals surface area contributed by atoms with E-state index < -0.39 is 15.3 Å². The van der Waals surface area contributed by atoms with Crippen molar-refractivity contribution in [1.29, 1.82) is 0 Å². The first-order chi connectivity index (χ1) is 5.20. The van der Waals surface area contributed by atoms with Gasteiger partial charge in [-0.05, 0) is 0 Å². The van der Waals surface area contributed by atoms with Crippen LogP contribution in [0.2, 0.25) is 0 Å². The Morgan fingerprint density at radius 2 is 0.538 bits per heavy atom. The second-order valence-corrected chi connectivity index (χ2v) is 0.671. The molecule has 0 atom stereocenters. The van der Waals surface area contributed by atoms with Gasteiger partial charge in [-0.1, -0.05) is 0 Å². The molecule has 0 unspecified atom stereocenters. The minimum absolute atomic E-state index is 0. The van der Waals surface area contributed by atoms with Crippen molar-refractivity contribution >= 4 is 0 Å². The maximum absolute atomic E-state index is 8.25. The first-order valence-corrected chi connectivity index (χ1v) is 1.64. The number of nitrogens with zero attached hydrogens (tertiary/aromatic N) is 3. The van der Waals surface area contributed by atoms with Gasteiger partial charge in [-0.3, -0.25) is 0 Å². The van der Waals surface area contributed by atoms with Crippen molar-refractivity contribution < 1.29 is 42.9 Å². The molecular weight excluding hydrogens is 387 g/mol. The Bertz CT molecular complexity index is 112. The Morgan fingerprint density at radius 1 is 0.538 bits per heavy atom. The second-order valence-electron chi connectivity index (χ2n) is 0.671. The molecule has 0 amide bonds. The maximum atomic E-state index is 8.25. The van der Waals surface area contributed by atoms with Gasteiger partial charge in [0.15, 0.2) is 0 Å². The molecule has 0 aromatic rings. The molecule has 0 aromatic heterocycles. The summed E-state index contributed by atoms with van der Waals surface area (Å²) in [5.74, 6) is 0. The largest absolute Gasteiger partial charge is 0.356 e. The summed E-state index contributed by atoms with van der Waals surface area (Å²) < 4.78 is 0. The van der Waals surface area contributed by atoms with Crippen molar-refractivity contribution in [3.8, 4) is 0 Å². The van der Waals surface area contributed by atoms with Crippen LogP contribution in [0.1, 0.15) is 0 Å². The summed E-state index contributed by atoms with van der Waals surface area (Å²) in [5, 5.41) is 44.2. The van der Waals surface area contributed by atoms with E-state index in [9.17, 15) is 0 Å². The number of hydrogen-bond acceptors (Lipinski definition) is 9. The van der Waals surface area contributed by atoms with E-state index in [1.54, 1.807) is 0 Å². The molecule has 0 fully saturated rings. The fourth-order valence-corrected chi connectivity index (χ4v) is 0. The summed E-state index contributed by atoms with van der Waals surface area (Å²) in [7, 11) is 0. The minimum atomic E-state index is -1.75. The van der Waals surface area contributed by atoms with Crippen LogP contribution in [-0.2, 0) is 27.7 Å². The van der Waals surface area contributed by atoms with E-state index in [0.29, 0.717) is 0 Å². The monoisotopic (exact) mass is 388 g/mol. The third-order valence-electron chi connectivity index (χ3n) is 0. The Balaban J connectivity index is -0.0000000450. The number of hydrogen-bond donors (Lipinski definition) is 0. The molecule has 0 saturated carbocycles. The van der Waals surface area contributed by atoms with E-state index in [1.165, 1.54) is 0 Å². The first-order valence-electron chi connectivity index (χ1n) is 1.64. The Kier molecular flexibility index (Phi) is 29.3. The van der Waals surface area contributed by atoms with Gasteiger partial charge >= 0.3 is 0 Å². The molecule has 13 heavy (non-hydrogen) atoms. The molecule has 0 aromatic carbocycles. The maximum Gasteiger partial charge on any atom is 0.0689 e. The van der Waals surface area contributed by atoms with Gasteiger partial charge < -0.3 is 46.0 Å². The van der Waals surface area contributed by atoms with Crippen LogP contribution in [0.4, 0.5) is 0 Å². The zero-order valence-electron chi connectivity index (χ0n) is 5.72. The Labute approximate surface area is 89.2 Å². The third-order valence-corrected chi connectivity index (χ3v) is 0. The van der Waals surface area contributed by atoms with E-state index in [2.05, 4.69) is 0 Å². The minimum Gasteiger partial charge on any atom is -0.356 e. The van der Waals surface area contributed by atoms with Crippen LogP contribution in [-0.4, -0.2) is 15.3 Å². The van der Waals surface area contributed by atoms with Gasteiger partial charge in [-0.15, -0.1) is 0 Å². The number of rotatable bonds is 0. The molecule has 0 aliphatic rings. The second kappa shape index (κ2) is 16.9. The summed E-state index contributed by atoms with van der Waals surface area (Å²) in [5.41, 5.74) is 0. The van der Waals surface area contributed by atoms with Crippen molar-refractivity contribution in [1.82, 2.24) is 0 Å². The molecular formula is HgN3O9-3. The van der Waals surface area contributed by atoms with Gasteiger partial charge in [0.2, 0.25) is 0 Å². The zero-order valence-corrected chi connectivity index (χ0v) is 11.2. The third kappa shape index (κ3) is 358. The van der Waals surface area contributed by atoms with Crippen molar-refractivity contribution in [2.45, 2.75) is 0 Å². The van der Waals surface area contributed by atoms with E-state index in [1.807, 2.05) is 0 Å². The van der Waals surface area contributed by atoms with Crippen LogP contribution in [0, 0.1) is 46.0 Å².